The zero-order valence-corrected chi connectivity index (χ0v) is 14.0. The highest BCUT2D eigenvalue weighted by atomic mass is 79.9. The number of aromatic nitrogens is 2. The molecule has 3 N–H and O–H groups in total. The monoisotopic (exact) mass is 348 g/mol. The van der Waals surface area contributed by atoms with Gasteiger partial charge in [-0.3, -0.25) is 16.0 Å². The standard InChI is InChI=1S/C16H21BrN4/c1-10-16(17)15(21(2)20-10)9-14(19-18)13-7-11-5-3-4-6-12(11)8-13/h3-6,13-14,19H,7-9,18H2,1-2H3. The summed E-state index contributed by atoms with van der Waals surface area (Å²) in [6, 6.07) is 8.95. The van der Waals surface area contributed by atoms with Crippen molar-refractivity contribution >= 4 is 15.9 Å². The Balaban J connectivity index is 1.78. The van der Waals surface area contributed by atoms with Crippen LogP contribution in [0.5, 0.6) is 0 Å². The lowest BCUT2D eigenvalue weighted by molar-refractivity contribution is 0.360. The van der Waals surface area contributed by atoms with Gasteiger partial charge < -0.3 is 0 Å². The minimum atomic E-state index is 0.253. The molecule has 0 bridgehead atoms. The number of rotatable bonds is 4. The maximum atomic E-state index is 5.85. The summed E-state index contributed by atoms with van der Waals surface area (Å²) >= 11 is 3.64. The van der Waals surface area contributed by atoms with Crippen molar-refractivity contribution in [2.45, 2.75) is 32.2 Å². The number of nitrogens with one attached hydrogen (secondary N) is 1. The van der Waals surface area contributed by atoms with Crippen LogP contribution in [0.1, 0.15) is 22.5 Å². The molecule has 1 aromatic carbocycles. The van der Waals surface area contributed by atoms with Crippen LogP contribution >= 0.6 is 15.9 Å². The van der Waals surface area contributed by atoms with Crippen LogP contribution in [0.4, 0.5) is 0 Å². The van der Waals surface area contributed by atoms with Gasteiger partial charge in [-0.15, -0.1) is 0 Å². The average Bonchev–Trinajstić information content (AvgIpc) is 3.00. The van der Waals surface area contributed by atoms with E-state index in [9.17, 15) is 0 Å². The Labute approximate surface area is 133 Å². The number of hydrogen-bond acceptors (Lipinski definition) is 3. The van der Waals surface area contributed by atoms with Gasteiger partial charge in [-0.05, 0) is 52.7 Å². The third kappa shape index (κ3) is 2.78. The maximum absolute atomic E-state index is 5.85. The van der Waals surface area contributed by atoms with Gasteiger partial charge in [0.25, 0.3) is 0 Å². The van der Waals surface area contributed by atoms with Crippen LogP contribution < -0.4 is 11.3 Å². The molecule has 0 fully saturated rings. The van der Waals surface area contributed by atoms with E-state index in [4.69, 9.17) is 5.84 Å². The molecule has 1 aliphatic carbocycles. The van der Waals surface area contributed by atoms with Gasteiger partial charge in [-0.25, -0.2) is 0 Å². The molecule has 4 nitrogen and oxygen atoms in total. The predicted molar refractivity (Wildman–Crippen MR) is 87.8 cm³/mol. The van der Waals surface area contributed by atoms with Crippen LogP contribution in [0, 0.1) is 12.8 Å². The minimum absolute atomic E-state index is 0.253. The molecule has 21 heavy (non-hydrogen) atoms. The highest BCUT2D eigenvalue weighted by molar-refractivity contribution is 9.10. The third-order valence-corrected chi connectivity index (χ3v) is 5.57. The number of hydrazine groups is 1. The second-order valence-electron chi connectivity index (χ2n) is 5.88. The van der Waals surface area contributed by atoms with Crippen LogP contribution in [0.25, 0.3) is 0 Å². The fourth-order valence-electron chi connectivity index (χ4n) is 3.35. The molecule has 0 saturated carbocycles. The van der Waals surface area contributed by atoms with E-state index in [1.165, 1.54) is 16.8 Å². The van der Waals surface area contributed by atoms with Crippen LogP contribution in [0.2, 0.25) is 0 Å². The summed E-state index contributed by atoms with van der Waals surface area (Å²) in [7, 11) is 1.99. The lowest BCUT2D eigenvalue weighted by Crippen LogP contribution is -2.43. The number of hydrogen-bond donors (Lipinski definition) is 2. The second-order valence-corrected chi connectivity index (χ2v) is 6.68. The van der Waals surface area contributed by atoms with E-state index in [0.717, 1.165) is 29.4 Å². The molecule has 1 unspecified atom stereocenters. The van der Waals surface area contributed by atoms with Gasteiger partial charge in [0.2, 0.25) is 0 Å². The number of nitrogens with zero attached hydrogens (tertiary/aromatic N) is 2. The van der Waals surface area contributed by atoms with Crippen molar-refractivity contribution in [1.82, 2.24) is 15.2 Å². The minimum Gasteiger partial charge on any atom is -0.271 e. The van der Waals surface area contributed by atoms with Gasteiger partial charge in [0.1, 0.15) is 0 Å². The van der Waals surface area contributed by atoms with E-state index in [1.807, 2.05) is 18.7 Å². The van der Waals surface area contributed by atoms with Crippen LogP contribution in [0.3, 0.4) is 0 Å². The molecule has 1 atom stereocenters. The van der Waals surface area contributed by atoms with Gasteiger partial charge in [0.05, 0.1) is 15.9 Å². The third-order valence-electron chi connectivity index (χ3n) is 4.54. The number of fused-ring (bicyclic) bond motifs is 1. The first kappa shape index (κ1) is 14.8. The molecular formula is C16H21BrN4. The van der Waals surface area contributed by atoms with Gasteiger partial charge >= 0.3 is 0 Å². The topological polar surface area (TPSA) is 55.9 Å². The van der Waals surface area contributed by atoms with Crippen molar-refractivity contribution in [3.05, 3.63) is 51.3 Å². The summed E-state index contributed by atoms with van der Waals surface area (Å²) < 4.78 is 3.05. The van der Waals surface area contributed by atoms with E-state index in [-0.39, 0.29) is 6.04 Å². The molecule has 0 saturated heterocycles. The van der Waals surface area contributed by atoms with E-state index in [1.54, 1.807) is 0 Å². The van der Waals surface area contributed by atoms with Crippen LogP contribution in [-0.2, 0) is 26.3 Å². The first-order valence-corrected chi connectivity index (χ1v) is 8.10. The predicted octanol–water partition coefficient (Wildman–Crippen LogP) is 2.28. The van der Waals surface area contributed by atoms with E-state index < -0.39 is 0 Å². The first-order chi connectivity index (χ1) is 10.1. The van der Waals surface area contributed by atoms with Gasteiger partial charge in [-0.1, -0.05) is 24.3 Å². The quantitative estimate of drug-likeness (QED) is 0.658. The van der Waals surface area contributed by atoms with E-state index >= 15 is 0 Å². The van der Waals surface area contributed by atoms with Crippen LogP contribution in [0.15, 0.2) is 28.7 Å². The summed E-state index contributed by atoms with van der Waals surface area (Å²) in [6.45, 7) is 2.02. The van der Waals surface area contributed by atoms with Crippen molar-refractivity contribution in [3.8, 4) is 0 Å². The zero-order chi connectivity index (χ0) is 15.0. The molecule has 2 aromatic rings. The summed E-state index contributed by atoms with van der Waals surface area (Å²) in [6.07, 6.45) is 3.08. The van der Waals surface area contributed by atoms with Crippen molar-refractivity contribution in [2.75, 3.05) is 0 Å². The van der Waals surface area contributed by atoms with Crippen molar-refractivity contribution in [1.29, 1.82) is 0 Å². The van der Waals surface area contributed by atoms with Crippen LogP contribution in [-0.4, -0.2) is 15.8 Å². The normalized spacial score (nSPS) is 16.2. The van der Waals surface area contributed by atoms with E-state index in [2.05, 4.69) is 50.7 Å². The molecule has 0 radical (unpaired) electrons. The Morgan fingerprint density at radius 3 is 2.48 bits per heavy atom. The summed E-state index contributed by atoms with van der Waals surface area (Å²) in [5.74, 6) is 6.38. The largest absolute Gasteiger partial charge is 0.271 e. The zero-order valence-electron chi connectivity index (χ0n) is 12.4. The molecule has 1 aliphatic rings. The van der Waals surface area contributed by atoms with Gasteiger partial charge in [-0.2, -0.15) is 5.10 Å². The summed E-state index contributed by atoms with van der Waals surface area (Å²) in [5.41, 5.74) is 8.18. The summed E-state index contributed by atoms with van der Waals surface area (Å²) in [4.78, 5) is 0. The molecule has 3 rings (SSSR count). The highest BCUT2D eigenvalue weighted by Crippen LogP contribution is 2.31. The Morgan fingerprint density at radius 2 is 2.00 bits per heavy atom. The number of nitrogens with two attached hydrogens (primary N) is 1. The van der Waals surface area contributed by atoms with Crippen molar-refractivity contribution < 1.29 is 0 Å². The van der Waals surface area contributed by atoms with E-state index in [0.29, 0.717) is 5.92 Å². The number of benzene rings is 1. The Morgan fingerprint density at radius 1 is 1.38 bits per heavy atom. The average molecular weight is 349 g/mol. The second kappa shape index (κ2) is 5.91. The molecule has 0 aliphatic heterocycles. The fourth-order valence-corrected chi connectivity index (χ4v) is 3.85. The molecule has 5 heteroatoms. The Bertz CT molecular complexity index is 625. The molecule has 0 spiro atoms. The van der Waals surface area contributed by atoms with Crippen molar-refractivity contribution in [2.24, 2.45) is 18.8 Å². The molecule has 0 amide bonds. The lowest BCUT2D eigenvalue weighted by atomic mass is 9.93. The maximum Gasteiger partial charge on any atom is 0.0738 e. The highest BCUT2D eigenvalue weighted by Gasteiger charge is 2.29. The number of aryl methyl sites for hydroxylation is 2. The SMILES string of the molecule is Cc1nn(C)c(CC(NN)C2Cc3ccccc3C2)c1Br. The molecular weight excluding hydrogens is 328 g/mol. The Hall–Kier alpha value is -1.17. The smallest absolute Gasteiger partial charge is 0.0738 e. The Kier molecular flexibility index (Phi) is 4.15. The molecule has 1 heterocycles. The van der Waals surface area contributed by atoms with Gasteiger partial charge in [0.15, 0.2) is 0 Å². The fraction of sp³-hybridized carbons (Fsp3) is 0.438. The lowest BCUT2D eigenvalue weighted by Gasteiger charge is -2.22. The molecule has 112 valence electrons. The van der Waals surface area contributed by atoms with Gasteiger partial charge in [0, 0.05) is 19.5 Å². The summed E-state index contributed by atoms with van der Waals surface area (Å²) in [5, 5.41) is 4.47. The number of halogens is 1. The first-order valence-electron chi connectivity index (χ1n) is 7.31. The molecule has 1 aromatic heterocycles. The van der Waals surface area contributed by atoms with Crippen molar-refractivity contribution in [3.63, 3.8) is 0 Å².